The van der Waals surface area contributed by atoms with Gasteiger partial charge in [-0.15, -0.1) is 0 Å². The zero-order valence-electron chi connectivity index (χ0n) is 10.3. The Morgan fingerprint density at radius 2 is 2.17 bits per heavy atom. The van der Waals surface area contributed by atoms with E-state index in [1.807, 2.05) is 24.4 Å². The molecule has 1 unspecified atom stereocenters. The number of nitrogens with two attached hydrogens (primary N) is 1. The Balaban J connectivity index is 2.14. The molecule has 0 saturated heterocycles. The summed E-state index contributed by atoms with van der Waals surface area (Å²) in [4.78, 5) is 4.13. The largest absolute Gasteiger partial charge is 0.398 e. The van der Waals surface area contributed by atoms with E-state index in [9.17, 15) is 4.21 Å². The molecule has 1 aromatic carbocycles. The molecule has 0 spiro atoms. The summed E-state index contributed by atoms with van der Waals surface area (Å²) in [5.41, 5.74) is 7.70. The predicted octanol–water partition coefficient (Wildman–Crippen LogP) is 2.00. The number of nitrogen functional groups attached to an aromatic ring is 1. The first-order valence-corrected chi connectivity index (χ1v) is 7.57. The highest BCUT2D eigenvalue weighted by Crippen LogP contribution is 2.27. The Bertz CT molecular complexity index is 571. The summed E-state index contributed by atoms with van der Waals surface area (Å²) in [5.74, 6) is 0.720. The third-order valence-corrected chi connectivity index (χ3v) is 3.64. The lowest BCUT2D eigenvalue weighted by molar-refractivity contribution is 0.685. The molecule has 0 aliphatic carbocycles. The number of pyridine rings is 1. The lowest BCUT2D eigenvalue weighted by Gasteiger charge is -2.10. The van der Waals surface area contributed by atoms with Crippen LogP contribution in [0.25, 0.3) is 10.8 Å². The molecule has 18 heavy (non-hydrogen) atoms. The molecule has 1 atom stereocenters. The van der Waals surface area contributed by atoms with E-state index < -0.39 is 10.8 Å². The van der Waals surface area contributed by atoms with Crippen LogP contribution in [0.1, 0.15) is 6.42 Å². The number of hydrogen-bond acceptors (Lipinski definition) is 4. The number of benzene rings is 1. The van der Waals surface area contributed by atoms with Crippen LogP contribution < -0.4 is 11.1 Å². The van der Waals surface area contributed by atoms with Crippen LogP contribution >= 0.6 is 0 Å². The highest BCUT2D eigenvalue weighted by Gasteiger charge is 2.03. The van der Waals surface area contributed by atoms with Gasteiger partial charge in [-0.2, -0.15) is 0 Å². The van der Waals surface area contributed by atoms with Crippen molar-refractivity contribution in [2.75, 3.05) is 29.6 Å². The first kappa shape index (κ1) is 12.8. The van der Waals surface area contributed by atoms with Gasteiger partial charge in [0.05, 0.1) is 0 Å². The molecule has 2 rings (SSSR count). The van der Waals surface area contributed by atoms with E-state index in [2.05, 4.69) is 10.3 Å². The van der Waals surface area contributed by atoms with Gasteiger partial charge < -0.3 is 11.1 Å². The van der Waals surface area contributed by atoms with E-state index in [1.165, 1.54) is 0 Å². The van der Waals surface area contributed by atoms with Gasteiger partial charge in [-0.25, -0.2) is 0 Å². The number of nitrogens with zero attached hydrogens (tertiary/aromatic N) is 1. The Kier molecular flexibility index (Phi) is 4.15. The Morgan fingerprint density at radius 3 is 2.94 bits per heavy atom. The third-order valence-electron chi connectivity index (χ3n) is 2.78. The predicted molar refractivity (Wildman–Crippen MR) is 78.2 cm³/mol. The van der Waals surface area contributed by atoms with Crippen molar-refractivity contribution in [3.8, 4) is 0 Å². The minimum absolute atomic E-state index is 0.720. The highest BCUT2D eigenvalue weighted by molar-refractivity contribution is 7.84. The first-order valence-electron chi connectivity index (χ1n) is 5.84. The number of hydrogen-bond donors (Lipinski definition) is 2. The Labute approximate surface area is 109 Å². The van der Waals surface area contributed by atoms with Gasteiger partial charge in [-0.3, -0.25) is 9.19 Å². The van der Waals surface area contributed by atoms with Gasteiger partial charge in [-0.1, -0.05) is 0 Å². The standard InChI is InChI=1S/C13H17N3OS/c1-18(17)8-2-6-16-13-4-3-12(14)10-5-7-15-9-11(10)13/h3-5,7,9,16H,2,6,8,14H2,1H3. The van der Waals surface area contributed by atoms with Crippen LogP contribution in [0, 0.1) is 0 Å². The second-order valence-corrected chi connectivity index (χ2v) is 5.74. The number of fused-ring (bicyclic) bond motifs is 1. The zero-order chi connectivity index (χ0) is 13.0. The third kappa shape index (κ3) is 2.98. The van der Waals surface area contributed by atoms with Crippen molar-refractivity contribution in [1.29, 1.82) is 0 Å². The molecular formula is C13H17N3OS. The van der Waals surface area contributed by atoms with Gasteiger partial charge in [0.25, 0.3) is 0 Å². The Morgan fingerprint density at radius 1 is 1.33 bits per heavy atom. The normalized spacial score (nSPS) is 12.5. The van der Waals surface area contributed by atoms with Crippen LogP contribution in [0.5, 0.6) is 0 Å². The van der Waals surface area contributed by atoms with Crippen molar-refractivity contribution in [2.24, 2.45) is 0 Å². The lowest BCUT2D eigenvalue weighted by Crippen LogP contribution is -2.06. The maximum atomic E-state index is 11.0. The monoisotopic (exact) mass is 263 g/mol. The SMILES string of the molecule is CS(=O)CCCNc1ccc(N)c2ccncc12. The van der Waals surface area contributed by atoms with Gasteiger partial charge in [0.1, 0.15) is 0 Å². The lowest BCUT2D eigenvalue weighted by atomic mass is 10.1. The summed E-state index contributed by atoms with van der Waals surface area (Å²) >= 11 is 0. The molecule has 0 radical (unpaired) electrons. The van der Waals surface area contributed by atoms with E-state index in [0.29, 0.717) is 0 Å². The van der Waals surface area contributed by atoms with E-state index >= 15 is 0 Å². The molecule has 4 nitrogen and oxygen atoms in total. The summed E-state index contributed by atoms with van der Waals surface area (Å²) in [7, 11) is -0.727. The van der Waals surface area contributed by atoms with Gasteiger partial charge in [0, 0.05) is 63.9 Å². The average molecular weight is 263 g/mol. The van der Waals surface area contributed by atoms with E-state index in [4.69, 9.17) is 5.73 Å². The molecule has 0 fully saturated rings. The van der Waals surface area contributed by atoms with Crippen molar-refractivity contribution >= 4 is 32.9 Å². The minimum Gasteiger partial charge on any atom is -0.398 e. The fourth-order valence-electron chi connectivity index (χ4n) is 1.87. The summed E-state index contributed by atoms with van der Waals surface area (Å²) in [6.07, 6.45) is 6.16. The highest BCUT2D eigenvalue weighted by atomic mass is 32.2. The molecule has 5 heteroatoms. The maximum Gasteiger partial charge on any atom is 0.0437 e. The smallest absolute Gasteiger partial charge is 0.0437 e. The fourth-order valence-corrected chi connectivity index (χ4v) is 2.42. The molecule has 1 heterocycles. The van der Waals surface area contributed by atoms with Crippen LogP contribution in [0.4, 0.5) is 11.4 Å². The first-order chi connectivity index (χ1) is 8.68. The van der Waals surface area contributed by atoms with Crippen LogP contribution in [0.2, 0.25) is 0 Å². The molecule has 0 aliphatic heterocycles. The molecule has 0 bridgehead atoms. The average Bonchev–Trinajstić information content (AvgIpc) is 2.37. The van der Waals surface area contributed by atoms with Crippen molar-refractivity contribution < 1.29 is 4.21 Å². The van der Waals surface area contributed by atoms with Crippen molar-refractivity contribution in [3.05, 3.63) is 30.6 Å². The van der Waals surface area contributed by atoms with Gasteiger partial charge in [0.15, 0.2) is 0 Å². The second-order valence-electron chi connectivity index (χ2n) is 4.18. The number of aromatic nitrogens is 1. The van der Waals surface area contributed by atoms with Crippen LogP contribution in [-0.4, -0.2) is 27.7 Å². The molecule has 0 amide bonds. The van der Waals surface area contributed by atoms with Crippen molar-refractivity contribution in [1.82, 2.24) is 4.98 Å². The summed E-state index contributed by atoms with van der Waals surface area (Å²) in [6, 6.07) is 5.77. The van der Waals surface area contributed by atoms with Gasteiger partial charge in [0.2, 0.25) is 0 Å². The molecule has 3 N–H and O–H groups in total. The van der Waals surface area contributed by atoms with Crippen molar-refractivity contribution in [2.45, 2.75) is 6.42 Å². The fraction of sp³-hybridized carbons (Fsp3) is 0.308. The number of rotatable bonds is 5. The van der Waals surface area contributed by atoms with E-state index in [1.54, 1.807) is 12.5 Å². The van der Waals surface area contributed by atoms with Crippen LogP contribution in [0.3, 0.4) is 0 Å². The maximum absolute atomic E-state index is 11.0. The molecule has 0 saturated carbocycles. The van der Waals surface area contributed by atoms with Crippen LogP contribution in [0.15, 0.2) is 30.6 Å². The van der Waals surface area contributed by atoms with E-state index in [0.717, 1.165) is 40.9 Å². The van der Waals surface area contributed by atoms with Crippen LogP contribution in [-0.2, 0) is 10.8 Å². The zero-order valence-corrected chi connectivity index (χ0v) is 11.2. The number of anilines is 2. The molecule has 2 aromatic rings. The van der Waals surface area contributed by atoms with E-state index in [-0.39, 0.29) is 0 Å². The molecular weight excluding hydrogens is 246 g/mol. The van der Waals surface area contributed by atoms with Gasteiger partial charge in [-0.05, 0) is 24.6 Å². The minimum atomic E-state index is -0.727. The quantitative estimate of drug-likeness (QED) is 0.639. The van der Waals surface area contributed by atoms with Crippen molar-refractivity contribution in [3.63, 3.8) is 0 Å². The second kappa shape index (κ2) is 5.82. The summed E-state index contributed by atoms with van der Waals surface area (Å²) in [6.45, 7) is 0.799. The number of nitrogens with one attached hydrogen (secondary N) is 1. The topological polar surface area (TPSA) is 68.0 Å². The molecule has 1 aromatic heterocycles. The summed E-state index contributed by atoms with van der Waals surface area (Å²) < 4.78 is 11.0. The van der Waals surface area contributed by atoms with Gasteiger partial charge >= 0.3 is 0 Å². The summed E-state index contributed by atoms with van der Waals surface area (Å²) in [5, 5.41) is 5.37. The molecule has 96 valence electrons. The Hall–Kier alpha value is -1.62. The molecule has 0 aliphatic rings.